The van der Waals surface area contributed by atoms with Gasteiger partial charge in [-0.05, 0) is 23.9 Å². The number of hydrogen-bond donors (Lipinski definition) is 1. The lowest BCUT2D eigenvalue weighted by atomic mass is 10.5. The van der Waals surface area contributed by atoms with Crippen LogP contribution in [0.1, 0.15) is 0 Å². The van der Waals surface area contributed by atoms with Crippen LogP contribution in [0.25, 0.3) is 0 Å². The molecule has 0 atom stereocenters. The molecule has 0 aliphatic heterocycles. The number of nitrogens with two attached hydrogens (primary N) is 1. The largest absolute Gasteiger partial charge is 0.368 e. The number of nitrogen functional groups attached to an aromatic ring is 1. The van der Waals surface area contributed by atoms with E-state index in [1.807, 2.05) is 0 Å². The van der Waals surface area contributed by atoms with Gasteiger partial charge in [-0.2, -0.15) is 4.98 Å². The molecule has 0 saturated heterocycles. The molecule has 0 spiro atoms. The van der Waals surface area contributed by atoms with Gasteiger partial charge in [0.25, 0.3) is 0 Å². The molecule has 0 aromatic carbocycles. The van der Waals surface area contributed by atoms with E-state index in [0.717, 1.165) is 18.0 Å². The van der Waals surface area contributed by atoms with Crippen molar-refractivity contribution in [2.75, 3.05) is 5.73 Å². The molecule has 7 nitrogen and oxygen atoms in total. The molecular formula is C9H6ClN5O2S. The quantitative estimate of drug-likeness (QED) is 0.522. The van der Waals surface area contributed by atoms with Crippen LogP contribution in [-0.2, 0) is 0 Å². The van der Waals surface area contributed by atoms with Crippen LogP contribution >= 0.6 is 23.4 Å². The third-order valence-electron chi connectivity index (χ3n) is 1.87. The maximum atomic E-state index is 10.8. The molecule has 18 heavy (non-hydrogen) atoms. The van der Waals surface area contributed by atoms with Crippen LogP contribution in [0.15, 0.2) is 34.6 Å². The van der Waals surface area contributed by atoms with Crippen molar-refractivity contribution in [1.82, 2.24) is 15.0 Å². The summed E-state index contributed by atoms with van der Waals surface area (Å²) in [7, 11) is 0. The minimum absolute atomic E-state index is 0.0462. The fourth-order valence-electron chi connectivity index (χ4n) is 1.11. The highest BCUT2D eigenvalue weighted by atomic mass is 35.5. The fraction of sp³-hybridized carbons (Fsp3) is 0. The first kappa shape index (κ1) is 12.5. The molecule has 2 rings (SSSR count). The van der Waals surface area contributed by atoms with Crippen LogP contribution in [0.5, 0.6) is 0 Å². The second kappa shape index (κ2) is 5.15. The number of hydrogen-bond acceptors (Lipinski definition) is 7. The van der Waals surface area contributed by atoms with E-state index in [9.17, 15) is 10.1 Å². The van der Waals surface area contributed by atoms with Crippen LogP contribution in [-0.4, -0.2) is 19.9 Å². The highest BCUT2D eigenvalue weighted by molar-refractivity contribution is 7.99. The van der Waals surface area contributed by atoms with Gasteiger partial charge in [0.1, 0.15) is 11.2 Å². The summed E-state index contributed by atoms with van der Waals surface area (Å²) in [6, 6.07) is 3.29. The second-order valence-electron chi connectivity index (χ2n) is 3.07. The van der Waals surface area contributed by atoms with Crippen LogP contribution in [0, 0.1) is 10.1 Å². The van der Waals surface area contributed by atoms with Crippen LogP contribution < -0.4 is 5.73 Å². The Hall–Kier alpha value is -1.93. The van der Waals surface area contributed by atoms with E-state index in [2.05, 4.69) is 15.0 Å². The number of rotatable bonds is 3. The zero-order valence-electron chi connectivity index (χ0n) is 8.78. The van der Waals surface area contributed by atoms with Gasteiger partial charge < -0.3 is 5.73 Å². The molecule has 2 aromatic heterocycles. The third kappa shape index (κ3) is 2.66. The highest BCUT2D eigenvalue weighted by Crippen LogP contribution is 2.35. The lowest BCUT2D eigenvalue weighted by Crippen LogP contribution is -2.00. The molecular weight excluding hydrogens is 278 g/mol. The number of nitro groups is 1. The zero-order chi connectivity index (χ0) is 13.1. The first-order chi connectivity index (χ1) is 8.58. The Labute approximate surface area is 111 Å². The van der Waals surface area contributed by atoms with E-state index in [1.165, 1.54) is 6.20 Å². The summed E-state index contributed by atoms with van der Waals surface area (Å²) in [5.41, 5.74) is 5.17. The van der Waals surface area contributed by atoms with Gasteiger partial charge in [0.15, 0.2) is 5.03 Å². The number of nitrogens with zero attached hydrogens (tertiary/aromatic N) is 4. The maximum absolute atomic E-state index is 10.8. The highest BCUT2D eigenvalue weighted by Gasteiger charge is 2.19. The summed E-state index contributed by atoms with van der Waals surface area (Å²) in [4.78, 5) is 21.7. The molecule has 92 valence electrons. The molecule has 9 heteroatoms. The van der Waals surface area contributed by atoms with Gasteiger partial charge in [-0.25, -0.2) is 9.97 Å². The van der Waals surface area contributed by atoms with Crippen molar-refractivity contribution in [3.05, 3.63) is 39.7 Å². The smallest absolute Gasteiger partial charge is 0.320 e. The lowest BCUT2D eigenvalue weighted by Gasteiger charge is -2.03. The van der Waals surface area contributed by atoms with Crippen molar-refractivity contribution in [1.29, 1.82) is 0 Å². The number of aromatic nitrogens is 3. The van der Waals surface area contributed by atoms with E-state index >= 15 is 0 Å². The topological polar surface area (TPSA) is 108 Å². The summed E-state index contributed by atoms with van der Waals surface area (Å²) in [6.07, 6.45) is 2.59. The normalized spacial score (nSPS) is 10.3. The molecule has 0 saturated carbocycles. The van der Waals surface area contributed by atoms with Gasteiger partial charge in [0.05, 0.1) is 9.95 Å². The summed E-state index contributed by atoms with van der Waals surface area (Å²) >= 11 is 6.89. The molecule has 2 aromatic rings. The average Bonchev–Trinajstić information content (AvgIpc) is 2.32. The average molecular weight is 284 g/mol. The number of pyridine rings is 1. The molecule has 2 heterocycles. The summed E-state index contributed by atoms with van der Waals surface area (Å²) in [6.45, 7) is 0. The third-order valence-corrected chi connectivity index (χ3v) is 3.30. The van der Waals surface area contributed by atoms with Gasteiger partial charge in [-0.3, -0.25) is 10.1 Å². The maximum Gasteiger partial charge on any atom is 0.320 e. The number of halogens is 1. The van der Waals surface area contributed by atoms with E-state index in [-0.39, 0.29) is 16.7 Å². The van der Waals surface area contributed by atoms with Gasteiger partial charge in [-0.1, -0.05) is 11.6 Å². The molecule has 0 aliphatic rings. The van der Waals surface area contributed by atoms with E-state index in [0.29, 0.717) is 10.0 Å². The monoisotopic (exact) mass is 283 g/mol. The summed E-state index contributed by atoms with van der Waals surface area (Å²) < 4.78 is 0. The first-order valence-corrected chi connectivity index (χ1v) is 5.82. The number of anilines is 1. The minimum atomic E-state index is -0.585. The van der Waals surface area contributed by atoms with E-state index in [1.54, 1.807) is 12.1 Å². The Balaban J connectivity index is 2.42. The Morgan fingerprint density at radius 3 is 2.83 bits per heavy atom. The molecule has 0 amide bonds. The molecule has 0 aliphatic carbocycles. The van der Waals surface area contributed by atoms with Crippen molar-refractivity contribution in [3.8, 4) is 0 Å². The lowest BCUT2D eigenvalue weighted by molar-refractivity contribution is -0.388. The second-order valence-corrected chi connectivity index (χ2v) is 4.45. The molecule has 0 fully saturated rings. The van der Waals surface area contributed by atoms with Gasteiger partial charge in [-0.15, -0.1) is 0 Å². The van der Waals surface area contributed by atoms with Gasteiger partial charge in [0, 0.05) is 6.20 Å². The van der Waals surface area contributed by atoms with E-state index < -0.39 is 4.92 Å². The summed E-state index contributed by atoms with van der Waals surface area (Å²) in [5, 5.41) is 11.7. The zero-order valence-corrected chi connectivity index (χ0v) is 10.4. The van der Waals surface area contributed by atoms with Crippen LogP contribution in [0.4, 0.5) is 11.6 Å². The summed E-state index contributed by atoms with van der Waals surface area (Å²) in [5.74, 6) is -0.0462. The molecule has 0 bridgehead atoms. The first-order valence-electron chi connectivity index (χ1n) is 4.63. The predicted molar refractivity (Wildman–Crippen MR) is 66.5 cm³/mol. The molecule has 2 N–H and O–H groups in total. The predicted octanol–water partition coefficient (Wildman–Crippen LogP) is 2.17. The SMILES string of the molecule is Nc1ncc([N+](=O)[O-])c(Sc2ncccc2Cl)n1. The Morgan fingerprint density at radius 1 is 1.39 bits per heavy atom. The fourth-order valence-corrected chi connectivity index (χ4v) is 2.18. The van der Waals surface area contributed by atoms with Crippen molar-refractivity contribution in [3.63, 3.8) is 0 Å². The molecule has 0 unspecified atom stereocenters. The Bertz CT molecular complexity index is 609. The molecule has 0 radical (unpaired) electrons. The van der Waals surface area contributed by atoms with E-state index in [4.69, 9.17) is 17.3 Å². The Morgan fingerprint density at radius 2 is 2.17 bits per heavy atom. The standard InChI is InChI=1S/C9H6ClN5O2S/c10-5-2-1-3-12-7(5)18-8-6(15(16)17)4-13-9(11)14-8/h1-4H,(H2,11,13,14). The van der Waals surface area contributed by atoms with Crippen LogP contribution in [0.2, 0.25) is 5.02 Å². The van der Waals surface area contributed by atoms with Crippen molar-refractivity contribution in [2.24, 2.45) is 0 Å². The minimum Gasteiger partial charge on any atom is -0.368 e. The van der Waals surface area contributed by atoms with Crippen molar-refractivity contribution in [2.45, 2.75) is 10.1 Å². The Kier molecular flexibility index (Phi) is 3.58. The van der Waals surface area contributed by atoms with Gasteiger partial charge >= 0.3 is 5.69 Å². The van der Waals surface area contributed by atoms with Crippen molar-refractivity contribution >= 4 is 35.0 Å². The van der Waals surface area contributed by atoms with Gasteiger partial charge in [0.2, 0.25) is 5.95 Å². The van der Waals surface area contributed by atoms with Crippen LogP contribution in [0.3, 0.4) is 0 Å². The van der Waals surface area contributed by atoms with Crippen molar-refractivity contribution < 1.29 is 4.92 Å².